The van der Waals surface area contributed by atoms with Gasteiger partial charge in [0, 0.05) is 6.92 Å². The van der Waals surface area contributed by atoms with Gasteiger partial charge in [0.25, 0.3) is 0 Å². The molecule has 0 aliphatic carbocycles. The van der Waals surface area contributed by atoms with Crippen LogP contribution in [0, 0.1) is 0 Å². The van der Waals surface area contributed by atoms with Crippen LogP contribution in [0.25, 0.3) is 0 Å². The van der Waals surface area contributed by atoms with Crippen LogP contribution in [-0.4, -0.2) is 168 Å². The molecule has 3 aliphatic rings. The van der Waals surface area contributed by atoms with Gasteiger partial charge in [-0.3, -0.25) is 4.79 Å². The molecule has 3 heterocycles. The van der Waals surface area contributed by atoms with E-state index in [4.69, 9.17) is 23.7 Å². The molecule has 11 N–H and O–H groups in total. The largest absolute Gasteiger partial charge is 0.479 e. The third kappa shape index (κ3) is 6.46. The van der Waals surface area contributed by atoms with Gasteiger partial charge in [0.05, 0.1) is 6.61 Å². The molecule has 19 heteroatoms. The number of rotatable bonds is 8. The number of carbonyl (C=O) groups excluding carboxylic acids is 1. The van der Waals surface area contributed by atoms with Gasteiger partial charge in [-0.2, -0.15) is 0 Å². The third-order valence-corrected chi connectivity index (χ3v) is 6.43. The molecule has 19 nitrogen and oxygen atoms in total. The Morgan fingerprint density at radius 2 is 1.28 bits per heavy atom. The van der Waals surface area contributed by atoms with Gasteiger partial charge in [-0.05, 0) is 0 Å². The van der Waals surface area contributed by atoms with Crippen molar-refractivity contribution < 1.29 is 89.1 Å². The molecule has 0 aromatic heterocycles. The minimum absolute atomic E-state index is 0.810. The van der Waals surface area contributed by atoms with E-state index in [0.717, 1.165) is 6.92 Å². The number of amides is 1. The predicted octanol–water partition coefficient (Wildman–Crippen LogP) is -7.24. The number of nitrogens with one attached hydrogen (secondary N) is 1. The van der Waals surface area contributed by atoms with Crippen LogP contribution >= 0.6 is 0 Å². The summed E-state index contributed by atoms with van der Waals surface area (Å²) in [5.74, 6) is -4.29. The van der Waals surface area contributed by atoms with E-state index in [-0.39, 0.29) is 0 Å². The maximum atomic E-state index is 12.0. The van der Waals surface area contributed by atoms with Gasteiger partial charge in [0.1, 0.15) is 61.0 Å². The Morgan fingerprint density at radius 1 is 0.692 bits per heavy atom. The van der Waals surface area contributed by atoms with Crippen LogP contribution in [0.2, 0.25) is 0 Å². The van der Waals surface area contributed by atoms with Crippen molar-refractivity contribution in [3.8, 4) is 0 Å². The molecule has 0 bridgehead atoms. The Morgan fingerprint density at radius 3 is 1.82 bits per heavy atom. The fourth-order valence-corrected chi connectivity index (χ4v) is 4.41. The Hall–Kier alpha value is -2.11. The van der Waals surface area contributed by atoms with Crippen molar-refractivity contribution in [3.05, 3.63) is 0 Å². The highest BCUT2D eigenvalue weighted by Gasteiger charge is 2.55. The molecule has 15 atom stereocenters. The minimum Gasteiger partial charge on any atom is -0.479 e. The summed E-state index contributed by atoms with van der Waals surface area (Å²) >= 11 is 0. The summed E-state index contributed by atoms with van der Waals surface area (Å²) in [7, 11) is 0. The lowest BCUT2D eigenvalue weighted by molar-refractivity contribution is -0.358. The van der Waals surface area contributed by atoms with E-state index < -0.39 is 117 Å². The van der Waals surface area contributed by atoms with E-state index in [0.29, 0.717) is 0 Å². The smallest absolute Gasteiger partial charge is 0.335 e. The second-order valence-corrected chi connectivity index (χ2v) is 9.15. The van der Waals surface area contributed by atoms with E-state index in [1.54, 1.807) is 0 Å². The first-order valence-corrected chi connectivity index (χ1v) is 11.6. The standard InChI is InChI=1S/C20H31NO18/c1-3(23)21-5-12(37-20-11(29)7(25)8(26)14(39-20)16(30)31)6(24)4(2-22)35-19(5)38-13-9(27)10(28)18(34)36-15(13)17(32)33/h4-15,18-20,22,24-29,34H,2H2,1H3,(H,21,23)(H,30,31)(H,32,33)/t4-,5-,6-,7+,8+,9-,10-,11-,12-,13+,14+,15+,18?,19+,20-/m1/s1. The number of carboxylic acids is 2. The van der Waals surface area contributed by atoms with Crippen LogP contribution in [0.1, 0.15) is 6.92 Å². The third-order valence-electron chi connectivity index (χ3n) is 6.43. The van der Waals surface area contributed by atoms with Crippen molar-refractivity contribution in [1.82, 2.24) is 5.32 Å². The van der Waals surface area contributed by atoms with Crippen molar-refractivity contribution >= 4 is 17.8 Å². The molecule has 1 unspecified atom stereocenters. The lowest BCUT2D eigenvalue weighted by Gasteiger charge is -2.48. The molecular formula is C20H31NO18. The van der Waals surface area contributed by atoms with Crippen LogP contribution in [0.15, 0.2) is 0 Å². The SMILES string of the molecule is CC(=O)N[C@H]1[C@H](O[C@H]2[C@H](O)[C@@H](O)C(O)O[C@@H]2C(=O)O)O[C@H](CO)[C@@H](O)[C@@H]1O[C@@H]1O[C@H](C(=O)O)[C@@H](O)[C@H](O)[C@H]1O. The molecule has 0 radical (unpaired) electrons. The van der Waals surface area contributed by atoms with Gasteiger partial charge >= 0.3 is 11.9 Å². The Bertz CT molecular complexity index is 891. The molecule has 0 saturated carbocycles. The number of hydrogen-bond donors (Lipinski definition) is 11. The highest BCUT2D eigenvalue weighted by molar-refractivity contribution is 5.74. The fraction of sp³-hybridized carbons (Fsp3) is 0.850. The molecule has 1 amide bonds. The first-order valence-electron chi connectivity index (χ1n) is 11.6. The summed E-state index contributed by atoms with van der Waals surface area (Å²) in [6.45, 7) is 0.0676. The molecule has 0 spiro atoms. The van der Waals surface area contributed by atoms with Crippen LogP contribution in [0.4, 0.5) is 0 Å². The number of aliphatic hydroxyl groups excluding tert-OH is 8. The van der Waals surface area contributed by atoms with Gasteiger partial charge < -0.3 is 80.1 Å². The summed E-state index contributed by atoms with van der Waals surface area (Å²) < 4.78 is 26.3. The van der Waals surface area contributed by atoms with Gasteiger partial charge in [0.2, 0.25) is 5.91 Å². The molecule has 0 aromatic rings. The monoisotopic (exact) mass is 573 g/mol. The van der Waals surface area contributed by atoms with E-state index in [1.165, 1.54) is 0 Å². The van der Waals surface area contributed by atoms with Crippen LogP contribution < -0.4 is 5.32 Å². The second-order valence-electron chi connectivity index (χ2n) is 9.15. The molecule has 224 valence electrons. The number of aliphatic carboxylic acids is 2. The molecular weight excluding hydrogens is 542 g/mol. The lowest BCUT2D eigenvalue weighted by Crippen LogP contribution is -2.70. The van der Waals surface area contributed by atoms with Crippen LogP contribution in [-0.2, 0) is 38.1 Å². The lowest BCUT2D eigenvalue weighted by atomic mass is 9.94. The number of carboxylic acid groups (broad SMARTS) is 2. The highest BCUT2D eigenvalue weighted by Crippen LogP contribution is 2.32. The van der Waals surface area contributed by atoms with Gasteiger partial charge in [-0.1, -0.05) is 0 Å². The quantitative estimate of drug-likeness (QED) is 0.128. The number of ether oxygens (including phenoxy) is 5. The van der Waals surface area contributed by atoms with Crippen molar-refractivity contribution in [2.75, 3.05) is 6.61 Å². The zero-order valence-electron chi connectivity index (χ0n) is 20.1. The summed E-state index contributed by atoms with van der Waals surface area (Å²) in [5.41, 5.74) is 0. The average Bonchev–Trinajstić information content (AvgIpc) is 2.86. The molecule has 3 rings (SSSR count). The molecule has 3 saturated heterocycles. The first-order chi connectivity index (χ1) is 18.2. The zero-order chi connectivity index (χ0) is 29.3. The Kier molecular flexibility index (Phi) is 10.1. The van der Waals surface area contributed by atoms with Crippen molar-refractivity contribution in [2.45, 2.75) is 99.0 Å². The van der Waals surface area contributed by atoms with Crippen molar-refractivity contribution in [2.24, 2.45) is 0 Å². The summed E-state index contributed by atoms with van der Waals surface area (Å²) in [6.07, 6.45) is -27.9. The average molecular weight is 573 g/mol. The van der Waals surface area contributed by atoms with E-state index in [2.05, 4.69) is 5.32 Å². The first kappa shape index (κ1) is 31.4. The van der Waals surface area contributed by atoms with Gasteiger partial charge in [-0.15, -0.1) is 0 Å². The van der Waals surface area contributed by atoms with Crippen LogP contribution in [0.5, 0.6) is 0 Å². The topological polar surface area (TPSA) is 312 Å². The molecule has 39 heavy (non-hydrogen) atoms. The second kappa shape index (κ2) is 12.6. The van der Waals surface area contributed by atoms with E-state index >= 15 is 0 Å². The van der Waals surface area contributed by atoms with Crippen LogP contribution in [0.3, 0.4) is 0 Å². The highest BCUT2D eigenvalue weighted by atomic mass is 16.7. The van der Waals surface area contributed by atoms with E-state index in [1.807, 2.05) is 0 Å². The Labute approximate surface area is 218 Å². The number of carbonyl (C=O) groups is 3. The number of hydrogen-bond acceptors (Lipinski definition) is 16. The van der Waals surface area contributed by atoms with E-state index in [9.17, 15) is 65.4 Å². The van der Waals surface area contributed by atoms with Gasteiger partial charge in [0.15, 0.2) is 31.1 Å². The molecule has 0 aromatic carbocycles. The van der Waals surface area contributed by atoms with Crippen molar-refractivity contribution in [1.29, 1.82) is 0 Å². The van der Waals surface area contributed by atoms with Crippen molar-refractivity contribution in [3.63, 3.8) is 0 Å². The maximum absolute atomic E-state index is 12.0. The summed E-state index contributed by atoms with van der Waals surface area (Å²) in [5, 5.41) is 102. The zero-order valence-corrected chi connectivity index (χ0v) is 20.1. The minimum atomic E-state index is -2.11. The molecule has 3 aliphatic heterocycles. The molecule has 3 fully saturated rings. The predicted molar refractivity (Wildman–Crippen MR) is 114 cm³/mol. The van der Waals surface area contributed by atoms with Gasteiger partial charge in [-0.25, -0.2) is 9.59 Å². The fourth-order valence-electron chi connectivity index (χ4n) is 4.41. The summed E-state index contributed by atoms with van der Waals surface area (Å²) in [4.78, 5) is 35.1. The Balaban J connectivity index is 1.94. The normalized spacial score (nSPS) is 46.8. The summed E-state index contributed by atoms with van der Waals surface area (Å²) in [6, 6.07) is -1.67. The number of aliphatic hydroxyl groups is 8. The maximum Gasteiger partial charge on any atom is 0.335 e.